The van der Waals surface area contributed by atoms with Crippen molar-refractivity contribution in [2.75, 3.05) is 38.1 Å². The third-order valence-corrected chi connectivity index (χ3v) is 6.44. The molecule has 0 spiro atoms. The third-order valence-electron chi connectivity index (χ3n) is 6.44. The highest BCUT2D eigenvalue weighted by atomic mass is 16.2. The van der Waals surface area contributed by atoms with Crippen molar-refractivity contribution in [1.29, 1.82) is 5.26 Å². The molecule has 0 saturated carbocycles. The fraction of sp³-hybridized carbons (Fsp3) is 0.440. The monoisotopic (exact) mass is 402 g/mol. The molecule has 0 aromatic heterocycles. The van der Waals surface area contributed by atoms with Crippen molar-refractivity contribution in [2.24, 2.45) is 5.92 Å². The second kappa shape index (κ2) is 9.42. The summed E-state index contributed by atoms with van der Waals surface area (Å²) in [5, 5.41) is 8.97. The van der Waals surface area contributed by atoms with Gasteiger partial charge >= 0.3 is 0 Å². The summed E-state index contributed by atoms with van der Waals surface area (Å²) < 4.78 is 0. The van der Waals surface area contributed by atoms with Crippen molar-refractivity contribution in [3.05, 3.63) is 65.7 Å². The van der Waals surface area contributed by atoms with E-state index in [0.29, 0.717) is 11.5 Å². The van der Waals surface area contributed by atoms with Crippen LogP contribution in [0.3, 0.4) is 0 Å². The molecular weight excluding hydrogens is 372 g/mol. The number of carbonyl (C=O) groups excluding carboxylic acids is 1. The van der Waals surface area contributed by atoms with Crippen molar-refractivity contribution in [1.82, 2.24) is 9.80 Å². The lowest BCUT2D eigenvalue weighted by Crippen LogP contribution is -2.47. The molecule has 0 radical (unpaired) electrons. The van der Waals surface area contributed by atoms with Gasteiger partial charge in [-0.05, 0) is 75.1 Å². The van der Waals surface area contributed by atoms with E-state index in [1.54, 1.807) is 12.1 Å². The molecule has 1 unspecified atom stereocenters. The molecular formula is C25H30N4O. The minimum atomic E-state index is 0.00337. The van der Waals surface area contributed by atoms with Crippen LogP contribution in [0.1, 0.15) is 30.4 Å². The molecule has 2 aromatic carbocycles. The average Bonchev–Trinajstić information content (AvgIpc) is 3.16. The number of nitrogens with zero attached hydrogens (tertiary/aromatic N) is 4. The largest absolute Gasteiger partial charge is 0.311 e. The second-order valence-electron chi connectivity index (χ2n) is 8.61. The van der Waals surface area contributed by atoms with Crippen LogP contribution in [0.5, 0.6) is 0 Å². The molecule has 2 saturated heterocycles. The Hall–Kier alpha value is -2.68. The zero-order valence-corrected chi connectivity index (χ0v) is 17.7. The van der Waals surface area contributed by atoms with Gasteiger partial charge < -0.3 is 9.80 Å². The normalized spacial score (nSPS) is 20.6. The first-order valence-corrected chi connectivity index (χ1v) is 10.9. The average molecular weight is 403 g/mol. The Labute approximate surface area is 179 Å². The Bertz CT molecular complexity index is 882. The number of benzene rings is 2. The molecule has 156 valence electrons. The lowest BCUT2D eigenvalue weighted by molar-refractivity contribution is -0.122. The van der Waals surface area contributed by atoms with E-state index >= 15 is 0 Å². The summed E-state index contributed by atoms with van der Waals surface area (Å²) in [6.07, 6.45) is 3.19. The van der Waals surface area contributed by atoms with Crippen molar-refractivity contribution in [3.8, 4) is 6.07 Å². The van der Waals surface area contributed by atoms with E-state index < -0.39 is 0 Å². The summed E-state index contributed by atoms with van der Waals surface area (Å²) in [4.78, 5) is 19.7. The van der Waals surface area contributed by atoms with Gasteiger partial charge in [-0.2, -0.15) is 5.26 Å². The van der Waals surface area contributed by atoms with E-state index in [9.17, 15) is 4.79 Å². The first-order valence-electron chi connectivity index (χ1n) is 10.9. The summed E-state index contributed by atoms with van der Waals surface area (Å²) in [7, 11) is 2.20. The lowest BCUT2D eigenvalue weighted by atomic mass is 9.94. The number of nitriles is 1. The number of piperidine rings is 1. The summed E-state index contributed by atoms with van der Waals surface area (Å²) in [6, 6.07) is 20.1. The molecule has 2 heterocycles. The van der Waals surface area contributed by atoms with Crippen LogP contribution < -0.4 is 4.90 Å². The molecule has 0 N–H and O–H groups in total. The van der Waals surface area contributed by atoms with E-state index in [4.69, 9.17) is 5.26 Å². The predicted octanol–water partition coefficient (Wildman–Crippen LogP) is 3.51. The number of hydrogen-bond donors (Lipinski definition) is 0. The Balaban J connectivity index is 1.27. The van der Waals surface area contributed by atoms with Crippen LogP contribution in [0.4, 0.5) is 5.69 Å². The number of carbonyl (C=O) groups is 1. The van der Waals surface area contributed by atoms with Crippen LogP contribution in [0.2, 0.25) is 0 Å². The Kier molecular flexibility index (Phi) is 6.47. The minimum Gasteiger partial charge on any atom is -0.311 e. The highest BCUT2D eigenvalue weighted by Gasteiger charge is 2.38. The second-order valence-corrected chi connectivity index (χ2v) is 8.61. The summed E-state index contributed by atoms with van der Waals surface area (Å²) in [5.41, 5.74) is 2.89. The maximum Gasteiger partial charge on any atom is 0.244 e. The molecule has 2 fully saturated rings. The molecule has 0 bridgehead atoms. The van der Waals surface area contributed by atoms with Crippen molar-refractivity contribution < 1.29 is 4.79 Å². The Morgan fingerprint density at radius 2 is 1.70 bits per heavy atom. The molecule has 4 rings (SSSR count). The van der Waals surface area contributed by atoms with Gasteiger partial charge in [0.2, 0.25) is 5.91 Å². The Morgan fingerprint density at radius 3 is 2.37 bits per heavy atom. The number of likely N-dealkylation sites (tertiary alicyclic amines) is 1. The van der Waals surface area contributed by atoms with Crippen LogP contribution in [0.15, 0.2) is 54.6 Å². The minimum absolute atomic E-state index is 0.00337. The fourth-order valence-electron chi connectivity index (χ4n) is 4.82. The zero-order chi connectivity index (χ0) is 20.9. The van der Waals surface area contributed by atoms with Crippen LogP contribution >= 0.6 is 0 Å². The summed E-state index contributed by atoms with van der Waals surface area (Å²) in [6.45, 7) is 4.86. The maximum absolute atomic E-state index is 13.0. The molecule has 30 heavy (non-hydrogen) atoms. The first-order chi connectivity index (χ1) is 14.6. The van der Waals surface area contributed by atoms with Crippen LogP contribution in [0, 0.1) is 17.2 Å². The van der Waals surface area contributed by atoms with Crippen molar-refractivity contribution in [2.45, 2.75) is 31.8 Å². The van der Waals surface area contributed by atoms with E-state index in [1.807, 2.05) is 17.0 Å². The topological polar surface area (TPSA) is 50.6 Å². The van der Waals surface area contributed by atoms with Gasteiger partial charge in [-0.15, -0.1) is 0 Å². The number of hydrogen-bond acceptors (Lipinski definition) is 4. The van der Waals surface area contributed by atoms with E-state index in [-0.39, 0.29) is 11.9 Å². The molecule has 2 aliphatic heterocycles. The Morgan fingerprint density at radius 1 is 1.00 bits per heavy atom. The third kappa shape index (κ3) is 4.72. The van der Waals surface area contributed by atoms with Gasteiger partial charge in [0, 0.05) is 25.3 Å². The summed E-state index contributed by atoms with van der Waals surface area (Å²) >= 11 is 0. The quantitative estimate of drug-likeness (QED) is 0.742. The lowest BCUT2D eigenvalue weighted by Gasteiger charge is -2.36. The van der Waals surface area contributed by atoms with Gasteiger partial charge in [0.25, 0.3) is 0 Å². The summed E-state index contributed by atoms with van der Waals surface area (Å²) in [5.74, 6) is 0.903. The highest BCUT2D eigenvalue weighted by Crippen LogP contribution is 2.28. The van der Waals surface area contributed by atoms with E-state index in [2.05, 4.69) is 53.2 Å². The van der Waals surface area contributed by atoms with Gasteiger partial charge in [0.15, 0.2) is 0 Å². The smallest absolute Gasteiger partial charge is 0.244 e. The fourth-order valence-corrected chi connectivity index (χ4v) is 4.82. The van der Waals surface area contributed by atoms with Crippen LogP contribution in [0.25, 0.3) is 0 Å². The molecule has 2 aliphatic rings. The van der Waals surface area contributed by atoms with Crippen LogP contribution in [-0.4, -0.2) is 55.0 Å². The molecule has 5 heteroatoms. The molecule has 1 atom stereocenters. The standard InChI is InChI=1S/C25H30N4O/c1-27(18-21-5-3-2-4-6-21)19-22-11-14-28(15-12-22)24-13-16-29(25(24)30)23-9-7-20(17-26)8-10-23/h2-10,22,24H,11-16,18-19H2,1H3. The van der Waals surface area contributed by atoms with Gasteiger partial charge in [-0.25, -0.2) is 0 Å². The molecule has 0 aliphatic carbocycles. The number of anilines is 1. The highest BCUT2D eigenvalue weighted by molar-refractivity contribution is 5.99. The van der Waals surface area contributed by atoms with Crippen LogP contribution in [-0.2, 0) is 11.3 Å². The molecule has 1 amide bonds. The van der Waals surface area contributed by atoms with Gasteiger partial charge in [-0.1, -0.05) is 30.3 Å². The van der Waals surface area contributed by atoms with Gasteiger partial charge in [0.05, 0.1) is 17.7 Å². The first kappa shape index (κ1) is 20.6. The van der Waals surface area contributed by atoms with Crippen molar-refractivity contribution in [3.63, 3.8) is 0 Å². The van der Waals surface area contributed by atoms with Gasteiger partial charge in [0.1, 0.15) is 0 Å². The van der Waals surface area contributed by atoms with Crippen molar-refractivity contribution >= 4 is 11.6 Å². The molecule has 5 nitrogen and oxygen atoms in total. The number of rotatable bonds is 6. The van der Waals surface area contributed by atoms with E-state index in [1.165, 1.54) is 5.56 Å². The predicted molar refractivity (Wildman–Crippen MR) is 119 cm³/mol. The van der Waals surface area contributed by atoms with E-state index in [0.717, 1.165) is 57.7 Å². The zero-order valence-electron chi connectivity index (χ0n) is 17.7. The maximum atomic E-state index is 13.0. The SMILES string of the molecule is CN(Cc1ccccc1)CC1CCN(C2CCN(c3ccc(C#N)cc3)C2=O)CC1. The molecule has 2 aromatic rings. The van der Waals surface area contributed by atoms with Gasteiger partial charge in [-0.3, -0.25) is 9.69 Å². The number of amides is 1.